The molecule has 0 spiro atoms. The second-order valence-corrected chi connectivity index (χ2v) is 5.47. The summed E-state index contributed by atoms with van der Waals surface area (Å²) in [4.78, 5) is 3.53. The van der Waals surface area contributed by atoms with Crippen molar-refractivity contribution >= 4 is 51.2 Å². The van der Waals surface area contributed by atoms with Crippen molar-refractivity contribution < 1.29 is 0 Å². The van der Waals surface area contributed by atoms with Gasteiger partial charge in [0.2, 0.25) is 0 Å². The molecule has 0 saturated carbocycles. The molecule has 0 amide bonds. The number of hydrogen-bond acceptors (Lipinski definition) is 3. The average Bonchev–Trinajstić information content (AvgIpc) is 2.45. The summed E-state index contributed by atoms with van der Waals surface area (Å²) in [5.41, 5.74) is 0. The zero-order valence-electron chi connectivity index (χ0n) is 13.0. The monoisotopic (exact) mass is 306 g/mol. The fraction of sp³-hybridized carbons (Fsp3) is 0.800. The van der Waals surface area contributed by atoms with Gasteiger partial charge in [-0.1, -0.05) is 78.2 Å². The zero-order chi connectivity index (χ0) is 15.0. The first-order valence-electron chi connectivity index (χ1n) is 6.98. The Bertz CT molecular complexity index is 164. The number of thiocarbonyl (C=S) groups is 3. The summed E-state index contributed by atoms with van der Waals surface area (Å²) < 4.78 is 0. The SMILES string of the molecule is CCC(=S)CC.CCC(=S)CC.CCC(=S)CC. The van der Waals surface area contributed by atoms with Gasteiger partial charge >= 0.3 is 0 Å². The number of hydrogen-bond donors (Lipinski definition) is 0. The van der Waals surface area contributed by atoms with Crippen LogP contribution in [0.15, 0.2) is 0 Å². The molecular formula is C15H30S3. The maximum absolute atomic E-state index is 4.86. The largest absolute Gasteiger partial charge is 0.0897 e. The predicted molar refractivity (Wildman–Crippen MR) is 99.5 cm³/mol. The molecular weight excluding hydrogens is 276 g/mol. The van der Waals surface area contributed by atoms with Crippen LogP contribution in [0, 0.1) is 0 Å². The molecule has 108 valence electrons. The molecule has 0 fully saturated rings. The first kappa shape index (κ1) is 23.4. The van der Waals surface area contributed by atoms with Crippen molar-refractivity contribution in [3.63, 3.8) is 0 Å². The Balaban J connectivity index is -0.000000187. The molecule has 18 heavy (non-hydrogen) atoms. The first-order chi connectivity index (χ1) is 8.42. The van der Waals surface area contributed by atoms with Crippen molar-refractivity contribution in [1.29, 1.82) is 0 Å². The molecule has 0 aliphatic rings. The molecule has 0 aliphatic carbocycles. The molecule has 0 saturated heterocycles. The van der Waals surface area contributed by atoms with Crippen molar-refractivity contribution in [1.82, 2.24) is 0 Å². The molecule has 0 bridgehead atoms. The molecule has 0 unspecified atom stereocenters. The van der Waals surface area contributed by atoms with E-state index < -0.39 is 0 Å². The molecule has 0 radical (unpaired) electrons. The standard InChI is InChI=1S/3C5H10S/c3*1-3-5(6)4-2/h3*3-4H2,1-2H3. The third kappa shape index (κ3) is 25.2. The Kier molecular flexibility index (Phi) is 25.5. The van der Waals surface area contributed by atoms with Gasteiger partial charge in [0.25, 0.3) is 0 Å². The lowest BCUT2D eigenvalue weighted by atomic mass is 10.3. The minimum atomic E-state index is 1.06. The van der Waals surface area contributed by atoms with Crippen LogP contribution in [0.1, 0.15) is 80.1 Å². The van der Waals surface area contributed by atoms with Gasteiger partial charge in [0, 0.05) is 0 Å². The van der Waals surface area contributed by atoms with Crippen molar-refractivity contribution in [2.24, 2.45) is 0 Å². The molecule has 3 heteroatoms. The summed E-state index contributed by atoms with van der Waals surface area (Å²) in [5, 5.41) is 0. The third-order valence-corrected chi connectivity index (χ3v) is 4.10. The molecule has 0 aromatic carbocycles. The van der Waals surface area contributed by atoms with E-state index in [1.807, 2.05) is 0 Å². The van der Waals surface area contributed by atoms with E-state index in [2.05, 4.69) is 41.5 Å². The van der Waals surface area contributed by atoms with Crippen LogP contribution in [0.25, 0.3) is 0 Å². The average molecular weight is 307 g/mol. The summed E-state index contributed by atoms with van der Waals surface area (Å²) in [6.07, 6.45) is 6.37. The van der Waals surface area contributed by atoms with Crippen molar-refractivity contribution in [2.75, 3.05) is 0 Å². The lowest BCUT2D eigenvalue weighted by molar-refractivity contribution is 1.20. The van der Waals surface area contributed by atoms with E-state index in [4.69, 9.17) is 36.7 Å². The summed E-state index contributed by atoms with van der Waals surface area (Å²) in [7, 11) is 0. The van der Waals surface area contributed by atoms with Crippen LogP contribution >= 0.6 is 36.7 Å². The topological polar surface area (TPSA) is 0 Å². The highest BCUT2D eigenvalue weighted by molar-refractivity contribution is 7.80. The summed E-state index contributed by atoms with van der Waals surface area (Å²) in [6.45, 7) is 12.5. The van der Waals surface area contributed by atoms with Crippen molar-refractivity contribution in [3.05, 3.63) is 0 Å². The van der Waals surface area contributed by atoms with Gasteiger partial charge in [0.1, 0.15) is 0 Å². The second-order valence-electron chi connectivity index (χ2n) is 3.74. The minimum Gasteiger partial charge on any atom is -0.0897 e. The molecule has 0 nitrogen and oxygen atoms in total. The Morgan fingerprint density at radius 3 is 0.556 bits per heavy atom. The lowest BCUT2D eigenvalue weighted by Gasteiger charge is -1.86. The van der Waals surface area contributed by atoms with E-state index in [0.717, 1.165) is 38.5 Å². The van der Waals surface area contributed by atoms with Crippen LogP contribution < -0.4 is 0 Å². The van der Waals surface area contributed by atoms with Gasteiger partial charge in [-0.15, -0.1) is 0 Å². The molecule has 0 heterocycles. The highest BCUT2D eigenvalue weighted by atomic mass is 32.1. The van der Waals surface area contributed by atoms with Gasteiger partial charge < -0.3 is 0 Å². The molecule has 0 N–H and O–H groups in total. The van der Waals surface area contributed by atoms with Gasteiger partial charge in [-0.3, -0.25) is 0 Å². The maximum atomic E-state index is 4.86. The van der Waals surface area contributed by atoms with Gasteiger partial charge in [0.15, 0.2) is 0 Å². The normalized spacial score (nSPS) is 8.33. The second kappa shape index (κ2) is 19.6. The molecule has 0 aromatic rings. The van der Waals surface area contributed by atoms with Crippen molar-refractivity contribution in [3.8, 4) is 0 Å². The molecule has 0 aromatic heterocycles. The predicted octanol–water partition coefficient (Wildman–Crippen LogP) is 6.53. The van der Waals surface area contributed by atoms with Crippen molar-refractivity contribution in [2.45, 2.75) is 80.1 Å². The minimum absolute atomic E-state index is 1.06. The van der Waals surface area contributed by atoms with Crippen LogP contribution in [0.4, 0.5) is 0 Å². The van der Waals surface area contributed by atoms with E-state index in [9.17, 15) is 0 Å². The van der Waals surface area contributed by atoms with Crippen LogP contribution in [0.3, 0.4) is 0 Å². The summed E-state index contributed by atoms with van der Waals surface area (Å²) >= 11 is 14.6. The first-order valence-corrected chi connectivity index (χ1v) is 8.20. The fourth-order valence-corrected chi connectivity index (χ4v) is 0.750. The summed E-state index contributed by atoms with van der Waals surface area (Å²) in [6, 6.07) is 0. The molecule has 0 aliphatic heterocycles. The number of rotatable bonds is 6. The fourth-order valence-electron chi connectivity index (χ4n) is 0.750. The Morgan fingerprint density at radius 1 is 0.444 bits per heavy atom. The van der Waals surface area contributed by atoms with Crippen LogP contribution in [-0.2, 0) is 0 Å². The highest BCUT2D eigenvalue weighted by Crippen LogP contribution is 1.89. The van der Waals surface area contributed by atoms with Crippen LogP contribution in [0.5, 0.6) is 0 Å². The Hall–Kier alpha value is 0.270. The Labute approximate surface area is 131 Å². The maximum Gasteiger partial charge on any atom is -0.00770 e. The van der Waals surface area contributed by atoms with Gasteiger partial charge in [0.05, 0.1) is 0 Å². The third-order valence-electron chi connectivity index (χ3n) is 2.37. The Morgan fingerprint density at radius 2 is 0.556 bits per heavy atom. The van der Waals surface area contributed by atoms with Crippen LogP contribution in [0.2, 0.25) is 0 Å². The smallest absolute Gasteiger partial charge is 0.00770 e. The van der Waals surface area contributed by atoms with E-state index in [1.54, 1.807) is 0 Å². The van der Waals surface area contributed by atoms with E-state index in [0.29, 0.717) is 0 Å². The van der Waals surface area contributed by atoms with Gasteiger partial charge in [-0.2, -0.15) is 0 Å². The highest BCUT2D eigenvalue weighted by Gasteiger charge is 1.82. The summed E-state index contributed by atoms with van der Waals surface area (Å²) in [5.74, 6) is 0. The quantitative estimate of drug-likeness (QED) is 0.512. The van der Waals surface area contributed by atoms with Gasteiger partial charge in [-0.05, 0) is 53.1 Å². The van der Waals surface area contributed by atoms with Gasteiger partial charge in [-0.25, -0.2) is 0 Å². The van der Waals surface area contributed by atoms with Crippen LogP contribution in [-0.4, -0.2) is 14.6 Å². The lowest BCUT2D eigenvalue weighted by Crippen LogP contribution is -1.83. The zero-order valence-corrected chi connectivity index (χ0v) is 15.4. The van der Waals surface area contributed by atoms with E-state index in [-0.39, 0.29) is 0 Å². The van der Waals surface area contributed by atoms with E-state index in [1.165, 1.54) is 14.6 Å². The molecule has 0 rings (SSSR count). The molecule has 0 atom stereocenters. The van der Waals surface area contributed by atoms with E-state index >= 15 is 0 Å².